The molecule has 2 aromatic rings. The molecule has 0 bridgehead atoms. The molecule has 0 saturated heterocycles. The number of rotatable bonds is 4. The van der Waals surface area contributed by atoms with Gasteiger partial charge in [-0.2, -0.15) is 5.26 Å². The average Bonchev–Trinajstić information content (AvgIpc) is 2.89. The Balaban J connectivity index is 2.20. The molecule has 0 aliphatic heterocycles. The first kappa shape index (κ1) is 13.3. The molecule has 2 rings (SSSR count). The van der Waals surface area contributed by atoms with Gasteiger partial charge in [-0.05, 0) is 30.7 Å². The van der Waals surface area contributed by atoms with E-state index in [1.165, 1.54) is 18.2 Å². The molecule has 1 aromatic carbocycles. The van der Waals surface area contributed by atoms with E-state index in [0.29, 0.717) is 17.0 Å². The molecule has 0 aliphatic carbocycles. The van der Waals surface area contributed by atoms with E-state index in [4.69, 9.17) is 5.26 Å². The van der Waals surface area contributed by atoms with Crippen LogP contribution in [-0.2, 0) is 16.6 Å². The van der Waals surface area contributed by atoms with Gasteiger partial charge < -0.3 is 4.98 Å². The summed E-state index contributed by atoms with van der Waals surface area (Å²) in [7, 11) is -3.60. The van der Waals surface area contributed by atoms with E-state index in [0.717, 1.165) is 0 Å². The highest BCUT2D eigenvalue weighted by molar-refractivity contribution is 7.89. The molecule has 0 radical (unpaired) electrons. The minimum Gasteiger partial charge on any atom is -0.347 e. The van der Waals surface area contributed by atoms with Crippen molar-refractivity contribution in [2.45, 2.75) is 18.4 Å². The van der Waals surface area contributed by atoms with Crippen molar-refractivity contribution in [1.82, 2.24) is 14.7 Å². The molecular formula is C12H12N4O2S. The van der Waals surface area contributed by atoms with Crippen LogP contribution in [0.2, 0.25) is 0 Å². The maximum Gasteiger partial charge on any atom is 0.240 e. The topological polar surface area (TPSA) is 98.6 Å². The van der Waals surface area contributed by atoms with Crippen molar-refractivity contribution in [2.75, 3.05) is 0 Å². The van der Waals surface area contributed by atoms with Crippen LogP contribution in [0.15, 0.2) is 35.5 Å². The summed E-state index contributed by atoms with van der Waals surface area (Å²) >= 11 is 0. The Bertz CT molecular complexity index is 715. The average molecular weight is 276 g/mol. The Hall–Kier alpha value is -2.17. The standard InChI is InChI=1S/C12H12N4O2S/c1-9-6-11(3-2-10(9)7-13)19(17,18)16-8-12-14-4-5-15-12/h2-6,16H,8H2,1H3,(H,14,15). The molecule has 2 N–H and O–H groups in total. The molecule has 98 valence electrons. The van der Waals surface area contributed by atoms with Gasteiger partial charge in [0.25, 0.3) is 0 Å². The number of sulfonamides is 1. The molecule has 19 heavy (non-hydrogen) atoms. The third-order valence-corrected chi connectivity index (χ3v) is 4.01. The van der Waals surface area contributed by atoms with Crippen LogP contribution in [0, 0.1) is 18.3 Å². The normalized spacial score (nSPS) is 11.2. The van der Waals surface area contributed by atoms with Gasteiger partial charge >= 0.3 is 0 Å². The van der Waals surface area contributed by atoms with Crippen molar-refractivity contribution in [3.8, 4) is 6.07 Å². The zero-order valence-electron chi connectivity index (χ0n) is 10.2. The van der Waals surface area contributed by atoms with E-state index in [9.17, 15) is 8.42 Å². The van der Waals surface area contributed by atoms with Crippen LogP contribution in [0.5, 0.6) is 0 Å². The molecule has 1 aromatic heterocycles. The SMILES string of the molecule is Cc1cc(S(=O)(=O)NCc2ncc[nH]2)ccc1C#N. The Morgan fingerprint density at radius 2 is 2.26 bits per heavy atom. The van der Waals surface area contributed by atoms with Crippen LogP contribution in [0.4, 0.5) is 0 Å². The molecule has 0 atom stereocenters. The maximum absolute atomic E-state index is 12.0. The summed E-state index contributed by atoms with van der Waals surface area (Å²) in [6, 6.07) is 6.38. The lowest BCUT2D eigenvalue weighted by Gasteiger charge is -2.06. The summed E-state index contributed by atoms with van der Waals surface area (Å²) in [5.74, 6) is 0.536. The number of benzene rings is 1. The third-order valence-electron chi connectivity index (χ3n) is 2.61. The highest BCUT2D eigenvalue weighted by Crippen LogP contribution is 2.14. The molecule has 0 saturated carbocycles. The number of nitriles is 1. The number of hydrogen-bond acceptors (Lipinski definition) is 4. The number of nitrogens with one attached hydrogen (secondary N) is 2. The minimum absolute atomic E-state index is 0.0916. The second-order valence-electron chi connectivity index (χ2n) is 3.95. The Morgan fingerprint density at radius 3 is 2.84 bits per heavy atom. The van der Waals surface area contributed by atoms with Crippen molar-refractivity contribution in [3.63, 3.8) is 0 Å². The minimum atomic E-state index is -3.60. The number of aromatic nitrogens is 2. The van der Waals surface area contributed by atoms with E-state index in [2.05, 4.69) is 14.7 Å². The van der Waals surface area contributed by atoms with Crippen LogP contribution >= 0.6 is 0 Å². The smallest absolute Gasteiger partial charge is 0.240 e. The highest BCUT2D eigenvalue weighted by atomic mass is 32.2. The van der Waals surface area contributed by atoms with Gasteiger partial charge in [0.2, 0.25) is 10.0 Å². The summed E-state index contributed by atoms with van der Waals surface area (Å²) in [5, 5.41) is 8.81. The van der Waals surface area contributed by atoms with Gasteiger partial charge in [0.15, 0.2) is 0 Å². The number of nitrogens with zero attached hydrogens (tertiary/aromatic N) is 2. The first-order chi connectivity index (χ1) is 9.03. The van der Waals surface area contributed by atoms with Crippen molar-refractivity contribution in [1.29, 1.82) is 5.26 Å². The Kier molecular flexibility index (Phi) is 3.64. The van der Waals surface area contributed by atoms with Crippen LogP contribution in [0.25, 0.3) is 0 Å². The zero-order chi connectivity index (χ0) is 13.9. The Morgan fingerprint density at radius 1 is 1.47 bits per heavy atom. The van der Waals surface area contributed by atoms with Crippen LogP contribution < -0.4 is 4.72 Å². The fourth-order valence-corrected chi connectivity index (χ4v) is 2.64. The fourth-order valence-electron chi connectivity index (χ4n) is 1.57. The highest BCUT2D eigenvalue weighted by Gasteiger charge is 2.15. The summed E-state index contributed by atoms with van der Waals surface area (Å²) in [5.41, 5.74) is 1.09. The van der Waals surface area contributed by atoms with Crippen molar-refractivity contribution in [2.24, 2.45) is 0 Å². The fraction of sp³-hybridized carbons (Fsp3) is 0.167. The maximum atomic E-state index is 12.0. The number of H-pyrrole nitrogens is 1. The van der Waals surface area contributed by atoms with E-state index >= 15 is 0 Å². The third kappa shape index (κ3) is 2.99. The number of aryl methyl sites for hydroxylation is 1. The van der Waals surface area contributed by atoms with Crippen LogP contribution in [-0.4, -0.2) is 18.4 Å². The molecular weight excluding hydrogens is 264 g/mol. The van der Waals surface area contributed by atoms with Crippen LogP contribution in [0.1, 0.15) is 17.0 Å². The first-order valence-electron chi connectivity index (χ1n) is 5.51. The first-order valence-corrected chi connectivity index (χ1v) is 7.00. The quantitative estimate of drug-likeness (QED) is 0.872. The molecule has 1 heterocycles. The van der Waals surface area contributed by atoms with E-state index in [-0.39, 0.29) is 11.4 Å². The van der Waals surface area contributed by atoms with Gasteiger partial charge in [0.05, 0.1) is 23.1 Å². The molecule has 0 unspecified atom stereocenters. The lowest BCUT2D eigenvalue weighted by molar-refractivity contribution is 0.579. The number of hydrogen-bond donors (Lipinski definition) is 2. The molecule has 0 aliphatic rings. The van der Waals surface area contributed by atoms with Gasteiger partial charge in [-0.15, -0.1) is 0 Å². The Labute approximate surface area is 111 Å². The van der Waals surface area contributed by atoms with Gasteiger partial charge in [-0.1, -0.05) is 0 Å². The van der Waals surface area contributed by atoms with Gasteiger partial charge in [-0.3, -0.25) is 0 Å². The summed E-state index contributed by atoms with van der Waals surface area (Å²) < 4.78 is 26.5. The molecule has 0 fully saturated rings. The van der Waals surface area contributed by atoms with Gasteiger partial charge in [0.1, 0.15) is 5.82 Å². The van der Waals surface area contributed by atoms with E-state index < -0.39 is 10.0 Å². The predicted octanol–water partition coefficient (Wildman–Crippen LogP) is 1.07. The second kappa shape index (κ2) is 5.22. The largest absolute Gasteiger partial charge is 0.347 e. The van der Waals surface area contributed by atoms with Crippen molar-refractivity contribution >= 4 is 10.0 Å². The van der Waals surface area contributed by atoms with Gasteiger partial charge in [0, 0.05) is 12.4 Å². The lowest BCUT2D eigenvalue weighted by atomic mass is 10.1. The summed E-state index contributed by atoms with van der Waals surface area (Å²) in [6.45, 7) is 1.79. The number of aromatic amines is 1. The predicted molar refractivity (Wildman–Crippen MR) is 68.5 cm³/mol. The van der Waals surface area contributed by atoms with Crippen LogP contribution in [0.3, 0.4) is 0 Å². The van der Waals surface area contributed by atoms with Crippen molar-refractivity contribution < 1.29 is 8.42 Å². The molecule has 0 spiro atoms. The lowest BCUT2D eigenvalue weighted by Crippen LogP contribution is -2.23. The second-order valence-corrected chi connectivity index (χ2v) is 5.72. The molecule has 7 heteroatoms. The monoisotopic (exact) mass is 276 g/mol. The van der Waals surface area contributed by atoms with Gasteiger partial charge in [-0.25, -0.2) is 18.1 Å². The van der Waals surface area contributed by atoms with E-state index in [1.54, 1.807) is 19.3 Å². The van der Waals surface area contributed by atoms with E-state index in [1.807, 2.05) is 6.07 Å². The summed E-state index contributed by atoms with van der Waals surface area (Å²) in [4.78, 5) is 6.88. The molecule has 0 amide bonds. The zero-order valence-corrected chi connectivity index (χ0v) is 11.0. The van der Waals surface area contributed by atoms with Crippen molar-refractivity contribution in [3.05, 3.63) is 47.5 Å². The summed E-state index contributed by atoms with van der Waals surface area (Å²) in [6.07, 6.45) is 3.17. The number of imidazole rings is 1. The molecule has 6 nitrogen and oxygen atoms in total.